The van der Waals surface area contributed by atoms with Crippen LogP contribution in [0.4, 0.5) is 4.79 Å². The molecule has 0 spiro atoms. The van der Waals surface area contributed by atoms with Crippen molar-refractivity contribution in [1.82, 2.24) is 4.90 Å². The Morgan fingerprint density at radius 3 is 1.93 bits per heavy atom. The van der Waals surface area contributed by atoms with E-state index in [9.17, 15) is 14.4 Å². The van der Waals surface area contributed by atoms with Crippen LogP contribution < -0.4 is 11.5 Å². The number of nitrogens with two attached hydrogens (primary N) is 2. The Kier molecular flexibility index (Phi) is 9.67. The lowest BCUT2D eigenvalue weighted by Gasteiger charge is -2.33. The average Bonchev–Trinajstić information content (AvgIpc) is 2.82. The number of esters is 1. The zero-order chi connectivity index (χ0) is 22.3. The molecular weight excluding hydrogens is 362 g/mol. The van der Waals surface area contributed by atoms with Crippen LogP contribution in [0.5, 0.6) is 0 Å². The number of nitrogens with zero attached hydrogens (tertiary/aromatic N) is 1. The first-order valence-corrected chi connectivity index (χ1v) is 9.45. The molecule has 1 fully saturated rings. The topological polar surface area (TPSA) is 125 Å². The summed E-state index contributed by atoms with van der Waals surface area (Å²) in [7, 11) is 0. The summed E-state index contributed by atoms with van der Waals surface area (Å²) >= 11 is 0. The van der Waals surface area contributed by atoms with Crippen molar-refractivity contribution in [2.75, 3.05) is 6.54 Å². The first-order valence-electron chi connectivity index (χ1n) is 9.45. The summed E-state index contributed by atoms with van der Waals surface area (Å²) in [6, 6.07) is -0.890. The van der Waals surface area contributed by atoms with Gasteiger partial charge in [0.15, 0.2) is 0 Å². The van der Waals surface area contributed by atoms with Crippen molar-refractivity contribution in [3.8, 4) is 0 Å². The molecule has 0 unspecified atom stereocenters. The molecular formula is C20H37N3O5. The number of amides is 2. The van der Waals surface area contributed by atoms with Gasteiger partial charge in [0, 0.05) is 13.0 Å². The van der Waals surface area contributed by atoms with Crippen molar-refractivity contribution in [1.29, 1.82) is 0 Å². The van der Waals surface area contributed by atoms with Gasteiger partial charge in [0.25, 0.3) is 0 Å². The summed E-state index contributed by atoms with van der Waals surface area (Å²) in [5.41, 5.74) is 8.92. The lowest BCUT2D eigenvalue weighted by atomic mass is 9.97. The van der Waals surface area contributed by atoms with Gasteiger partial charge in [0.2, 0.25) is 5.91 Å². The molecule has 0 saturated carbocycles. The van der Waals surface area contributed by atoms with Gasteiger partial charge in [-0.3, -0.25) is 9.69 Å². The highest BCUT2D eigenvalue weighted by Gasteiger charge is 2.48. The second-order valence-corrected chi connectivity index (χ2v) is 8.83. The van der Waals surface area contributed by atoms with Crippen LogP contribution in [0.1, 0.15) is 61.3 Å². The van der Waals surface area contributed by atoms with E-state index in [0.717, 1.165) is 0 Å². The molecule has 2 amide bonds. The van der Waals surface area contributed by atoms with Crippen molar-refractivity contribution >= 4 is 18.0 Å². The number of hydrogen-bond acceptors (Lipinski definition) is 6. The minimum atomic E-state index is -0.682. The normalized spacial score (nSPS) is 22.0. The van der Waals surface area contributed by atoms with E-state index in [-0.39, 0.29) is 17.9 Å². The lowest BCUT2D eigenvalue weighted by Crippen LogP contribution is -2.49. The maximum atomic E-state index is 12.7. The number of ether oxygens (including phenoxy) is 2. The summed E-state index contributed by atoms with van der Waals surface area (Å²) in [6.45, 7) is 16.4. The molecule has 0 radical (unpaired) electrons. The minimum absolute atomic E-state index is 0.0152. The smallest absolute Gasteiger partial charge is 0.411 e. The maximum Gasteiger partial charge on any atom is 0.411 e. The molecule has 8 nitrogen and oxygen atoms in total. The van der Waals surface area contributed by atoms with Crippen molar-refractivity contribution in [2.24, 2.45) is 17.4 Å². The summed E-state index contributed by atoms with van der Waals surface area (Å²) in [4.78, 5) is 36.0. The van der Waals surface area contributed by atoms with Gasteiger partial charge in [0.05, 0.1) is 0 Å². The minimum Gasteiger partial charge on any atom is -0.458 e. The SMILES string of the molecule is C=C[C@@H]1C[C@H](C(=O)OC(C)(C)C)N(C(=O)OC(C)(C)C)[C@@H]1CCN.CC(N)=O. The molecule has 0 aromatic heterocycles. The van der Waals surface area contributed by atoms with Crippen LogP contribution >= 0.6 is 0 Å². The second-order valence-electron chi connectivity index (χ2n) is 8.83. The van der Waals surface area contributed by atoms with Crippen LogP contribution in [0.25, 0.3) is 0 Å². The van der Waals surface area contributed by atoms with E-state index in [1.54, 1.807) is 47.6 Å². The standard InChI is InChI=1S/C18H32N2O4.C2H5NO/c1-8-12-11-14(15(21)23-17(2,3)4)20(13(12)9-10-19)16(22)24-18(5,6)7;1-2(3)4/h8,12-14H,1,9-11,19H2,2-7H3;1H3,(H2,3,4)/t12-,13-,14-;/m1./s1. The molecule has 3 atom stereocenters. The summed E-state index contributed by atoms with van der Waals surface area (Å²) in [6.07, 6.45) is 2.32. The number of hydrogen-bond donors (Lipinski definition) is 2. The van der Waals surface area contributed by atoms with Gasteiger partial charge in [-0.25, -0.2) is 9.59 Å². The predicted octanol–water partition coefficient (Wildman–Crippen LogP) is 2.35. The van der Waals surface area contributed by atoms with Crippen molar-refractivity contribution < 1.29 is 23.9 Å². The van der Waals surface area contributed by atoms with Crippen molar-refractivity contribution in [2.45, 2.75) is 84.6 Å². The van der Waals surface area contributed by atoms with E-state index in [0.29, 0.717) is 19.4 Å². The molecule has 28 heavy (non-hydrogen) atoms. The van der Waals surface area contributed by atoms with E-state index in [4.69, 9.17) is 15.2 Å². The molecule has 0 aromatic rings. The summed E-state index contributed by atoms with van der Waals surface area (Å²) in [5.74, 6) is -0.765. The molecule has 4 N–H and O–H groups in total. The molecule has 0 aliphatic carbocycles. The fourth-order valence-corrected chi connectivity index (χ4v) is 2.90. The number of primary amides is 1. The van der Waals surface area contributed by atoms with Crippen molar-refractivity contribution in [3.63, 3.8) is 0 Å². The average molecular weight is 400 g/mol. The fourth-order valence-electron chi connectivity index (χ4n) is 2.90. The van der Waals surface area contributed by atoms with Crippen LogP contribution in [-0.2, 0) is 19.1 Å². The highest BCUT2D eigenvalue weighted by molar-refractivity contribution is 5.83. The van der Waals surface area contributed by atoms with Gasteiger partial charge in [-0.15, -0.1) is 6.58 Å². The highest BCUT2D eigenvalue weighted by atomic mass is 16.6. The molecule has 1 heterocycles. The largest absolute Gasteiger partial charge is 0.458 e. The quantitative estimate of drug-likeness (QED) is 0.552. The first kappa shape index (κ1) is 25.9. The Morgan fingerprint density at radius 1 is 1.11 bits per heavy atom. The summed E-state index contributed by atoms with van der Waals surface area (Å²) in [5, 5.41) is 0. The van der Waals surface area contributed by atoms with Gasteiger partial charge < -0.3 is 20.9 Å². The number of carbonyl (C=O) groups is 3. The molecule has 1 saturated heterocycles. The highest BCUT2D eigenvalue weighted by Crippen LogP contribution is 2.35. The molecule has 0 bridgehead atoms. The predicted molar refractivity (Wildman–Crippen MR) is 108 cm³/mol. The van der Waals surface area contributed by atoms with Crippen molar-refractivity contribution in [3.05, 3.63) is 12.7 Å². The molecule has 1 aliphatic rings. The summed E-state index contributed by atoms with van der Waals surface area (Å²) < 4.78 is 11.0. The zero-order valence-electron chi connectivity index (χ0n) is 18.3. The molecule has 8 heteroatoms. The molecule has 1 rings (SSSR count). The molecule has 1 aliphatic heterocycles. The number of carbonyl (C=O) groups excluding carboxylic acids is 3. The molecule has 162 valence electrons. The Balaban J connectivity index is 0.00000165. The third-order valence-electron chi connectivity index (χ3n) is 3.73. The maximum absolute atomic E-state index is 12.7. The van der Waals surface area contributed by atoms with E-state index in [1.165, 1.54) is 11.8 Å². The van der Waals surface area contributed by atoms with Crippen LogP contribution in [0, 0.1) is 5.92 Å². The van der Waals surface area contributed by atoms with E-state index in [1.807, 2.05) is 0 Å². The Bertz CT molecular complexity index is 559. The second kappa shape index (κ2) is 10.5. The Labute approximate surface area is 168 Å². The number of rotatable bonds is 4. The van der Waals surface area contributed by atoms with Gasteiger partial charge in [-0.2, -0.15) is 0 Å². The third-order valence-corrected chi connectivity index (χ3v) is 3.73. The van der Waals surface area contributed by atoms with E-state index in [2.05, 4.69) is 12.3 Å². The van der Waals surface area contributed by atoms with E-state index < -0.39 is 29.3 Å². The first-order chi connectivity index (χ1) is 12.6. The van der Waals surface area contributed by atoms with Crippen LogP contribution in [-0.4, -0.2) is 52.7 Å². The lowest BCUT2D eigenvalue weighted by molar-refractivity contribution is -0.160. The molecule has 0 aromatic carbocycles. The van der Waals surface area contributed by atoms with Gasteiger partial charge in [0.1, 0.15) is 17.2 Å². The van der Waals surface area contributed by atoms with Gasteiger partial charge >= 0.3 is 12.1 Å². The Hall–Kier alpha value is -2.09. The number of likely N-dealkylation sites (tertiary alicyclic amines) is 1. The zero-order valence-corrected chi connectivity index (χ0v) is 18.3. The van der Waals surface area contributed by atoms with Gasteiger partial charge in [-0.1, -0.05) is 6.08 Å². The third kappa shape index (κ3) is 9.21. The van der Waals surface area contributed by atoms with Crippen LogP contribution in [0.2, 0.25) is 0 Å². The van der Waals surface area contributed by atoms with E-state index >= 15 is 0 Å². The van der Waals surface area contributed by atoms with Crippen LogP contribution in [0.3, 0.4) is 0 Å². The van der Waals surface area contributed by atoms with Crippen LogP contribution in [0.15, 0.2) is 12.7 Å². The van der Waals surface area contributed by atoms with Gasteiger partial charge in [-0.05, 0) is 66.8 Å². The monoisotopic (exact) mass is 399 g/mol. The Morgan fingerprint density at radius 2 is 1.57 bits per heavy atom. The fraction of sp³-hybridized carbons (Fsp3) is 0.750.